The summed E-state index contributed by atoms with van der Waals surface area (Å²) in [6, 6.07) is 7.84. The van der Waals surface area contributed by atoms with Gasteiger partial charge in [-0.2, -0.15) is 0 Å². The maximum absolute atomic E-state index is 8.78. The molecule has 1 aliphatic rings. The van der Waals surface area contributed by atoms with Crippen LogP contribution in [0.15, 0.2) is 24.3 Å². The predicted octanol–water partition coefficient (Wildman–Crippen LogP) is 3.14. The molecule has 2 heterocycles. The number of fused-ring (bicyclic) bond motifs is 1. The lowest BCUT2D eigenvalue weighted by Gasteiger charge is -2.08. The highest BCUT2D eigenvalue weighted by atomic mass is 35.5. The Bertz CT molecular complexity index is 644. The monoisotopic (exact) mass is 276 g/mol. The molecule has 19 heavy (non-hydrogen) atoms. The SMILES string of the molecule is Cc1cc2c(cc1-c1cc(Cl)nc(OCCO)c1)N2. The summed E-state index contributed by atoms with van der Waals surface area (Å²) in [6.45, 7) is 2.21. The first kappa shape index (κ1) is 12.3. The summed E-state index contributed by atoms with van der Waals surface area (Å²) in [6.07, 6.45) is 0. The lowest BCUT2D eigenvalue weighted by molar-refractivity contribution is 0.197. The van der Waals surface area contributed by atoms with Crippen molar-refractivity contribution in [3.63, 3.8) is 0 Å². The molecular formula is C14H13ClN2O2. The molecule has 2 N–H and O–H groups in total. The number of aliphatic hydroxyl groups is 1. The molecule has 1 aromatic carbocycles. The van der Waals surface area contributed by atoms with E-state index in [1.807, 2.05) is 12.1 Å². The maximum Gasteiger partial charge on any atom is 0.215 e. The summed E-state index contributed by atoms with van der Waals surface area (Å²) < 4.78 is 5.32. The number of halogens is 1. The molecule has 0 spiro atoms. The first-order valence-corrected chi connectivity index (χ1v) is 6.38. The van der Waals surface area contributed by atoms with Crippen molar-refractivity contribution in [2.24, 2.45) is 0 Å². The minimum absolute atomic E-state index is 0.0503. The summed E-state index contributed by atoms with van der Waals surface area (Å²) >= 11 is 6.01. The lowest BCUT2D eigenvalue weighted by atomic mass is 10.0. The van der Waals surface area contributed by atoms with Crippen LogP contribution < -0.4 is 10.1 Å². The molecule has 0 amide bonds. The van der Waals surface area contributed by atoms with E-state index >= 15 is 0 Å². The van der Waals surface area contributed by atoms with E-state index < -0.39 is 0 Å². The molecule has 0 radical (unpaired) electrons. The standard InChI is InChI=1S/C14H13ClN2O2/c1-8-4-11-12(16-11)7-10(8)9-5-13(15)17-14(6-9)19-3-2-18/h4-7,16,18H,2-3H2,1H3. The first-order chi connectivity index (χ1) is 9.17. The van der Waals surface area contributed by atoms with Crippen LogP contribution in [0.4, 0.5) is 11.4 Å². The van der Waals surface area contributed by atoms with E-state index in [9.17, 15) is 0 Å². The number of hydrogen-bond donors (Lipinski definition) is 2. The van der Waals surface area contributed by atoms with Crippen LogP contribution in [0.2, 0.25) is 5.15 Å². The number of aryl methyl sites for hydroxylation is 1. The summed E-state index contributed by atoms with van der Waals surface area (Å²) in [5, 5.41) is 12.3. The van der Waals surface area contributed by atoms with Gasteiger partial charge >= 0.3 is 0 Å². The zero-order valence-electron chi connectivity index (χ0n) is 10.4. The second-order valence-corrected chi connectivity index (χ2v) is 4.81. The van der Waals surface area contributed by atoms with Crippen molar-refractivity contribution in [1.29, 1.82) is 0 Å². The van der Waals surface area contributed by atoms with Crippen LogP contribution in [-0.4, -0.2) is 23.3 Å². The maximum atomic E-state index is 8.78. The van der Waals surface area contributed by atoms with Gasteiger partial charge in [0.05, 0.1) is 18.0 Å². The van der Waals surface area contributed by atoms with E-state index in [-0.39, 0.29) is 13.2 Å². The number of pyridine rings is 1. The molecule has 4 nitrogen and oxygen atoms in total. The number of aliphatic hydroxyl groups excluding tert-OH is 1. The third-order valence-electron chi connectivity index (χ3n) is 2.99. The Morgan fingerprint density at radius 3 is 2.84 bits per heavy atom. The van der Waals surface area contributed by atoms with Crippen molar-refractivity contribution in [2.45, 2.75) is 6.92 Å². The van der Waals surface area contributed by atoms with E-state index in [4.69, 9.17) is 21.4 Å². The number of nitrogens with one attached hydrogen (secondary N) is 1. The molecule has 0 bridgehead atoms. The van der Waals surface area contributed by atoms with Crippen molar-refractivity contribution < 1.29 is 9.84 Å². The van der Waals surface area contributed by atoms with Crippen molar-refractivity contribution in [3.8, 4) is 17.0 Å². The molecule has 0 fully saturated rings. The van der Waals surface area contributed by atoms with Crippen molar-refractivity contribution in [1.82, 2.24) is 4.98 Å². The van der Waals surface area contributed by atoms with Crippen molar-refractivity contribution >= 4 is 23.0 Å². The van der Waals surface area contributed by atoms with Crippen LogP contribution in [0.3, 0.4) is 0 Å². The molecule has 0 atom stereocenters. The van der Waals surface area contributed by atoms with E-state index in [1.54, 1.807) is 0 Å². The molecule has 0 saturated heterocycles. The van der Waals surface area contributed by atoms with Gasteiger partial charge in [0.25, 0.3) is 0 Å². The van der Waals surface area contributed by atoms with Gasteiger partial charge in [0.15, 0.2) is 0 Å². The number of ether oxygens (including phenoxy) is 1. The zero-order chi connectivity index (χ0) is 13.4. The zero-order valence-corrected chi connectivity index (χ0v) is 11.2. The van der Waals surface area contributed by atoms with Crippen LogP contribution in [0.5, 0.6) is 5.88 Å². The number of hydrogen-bond acceptors (Lipinski definition) is 4. The fourth-order valence-electron chi connectivity index (χ4n) is 2.06. The largest absolute Gasteiger partial charge is 0.475 e. The molecule has 0 saturated carbocycles. The van der Waals surface area contributed by atoms with Crippen LogP contribution >= 0.6 is 11.6 Å². The molecule has 1 aromatic heterocycles. The Balaban J connectivity index is 2.00. The Kier molecular flexibility index (Phi) is 3.05. The van der Waals surface area contributed by atoms with Gasteiger partial charge in [-0.15, -0.1) is 0 Å². The molecule has 3 rings (SSSR count). The fraction of sp³-hybridized carbons (Fsp3) is 0.214. The molecular weight excluding hydrogens is 264 g/mol. The van der Waals surface area contributed by atoms with Crippen LogP contribution in [-0.2, 0) is 0 Å². The van der Waals surface area contributed by atoms with E-state index in [0.29, 0.717) is 11.0 Å². The molecule has 2 aromatic rings. The van der Waals surface area contributed by atoms with Gasteiger partial charge in [0.1, 0.15) is 11.8 Å². The highest BCUT2D eigenvalue weighted by molar-refractivity contribution is 6.29. The molecule has 0 unspecified atom stereocenters. The summed E-state index contributed by atoms with van der Waals surface area (Å²) in [7, 11) is 0. The summed E-state index contributed by atoms with van der Waals surface area (Å²) in [5.41, 5.74) is 5.55. The first-order valence-electron chi connectivity index (χ1n) is 6.00. The normalized spacial score (nSPS) is 11.7. The van der Waals surface area contributed by atoms with Gasteiger partial charge in [0, 0.05) is 6.07 Å². The van der Waals surface area contributed by atoms with Crippen LogP contribution in [0, 0.1) is 6.92 Å². The average Bonchev–Trinajstić information content (AvgIpc) is 3.12. The van der Waals surface area contributed by atoms with Gasteiger partial charge in [-0.25, -0.2) is 4.98 Å². The number of nitrogens with zero attached hydrogens (tertiary/aromatic N) is 1. The fourth-order valence-corrected chi connectivity index (χ4v) is 2.26. The molecule has 98 valence electrons. The van der Waals surface area contributed by atoms with Gasteiger partial charge < -0.3 is 15.2 Å². The van der Waals surface area contributed by atoms with Gasteiger partial charge in [-0.05, 0) is 41.8 Å². The second kappa shape index (κ2) is 4.72. The highest BCUT2D eigenvalue weighted by Crippen LogP contribution is 2.43. The summed E-state index contributed by atoms with van der Waals surface area (Å²) in [4.78, 5) is 4.08. The van der Waals surface area contributed by atoms with E-state index in [0.717, 1.165) is 16.8 Å². The van der Waals surface area contributed by atoms with Gasteiger partial charge in [-0.3, -0.25) is 0 Å². The minimum atomic E-state index is -0.0503. The van der Waals surface area contributed by atoms with E-state index in [1.165, 1.54) is 11.3 Å². The smallest absolute Gasteiger partial charge is 0.215 e. The lowest BCUT2D eigenvalue weighted by Crippen LogP contribution is -2.03. The molecule has 5 heteroatoms. The number of rotatable bonds is 4. The third kappa shape index (κ3) is 2.50. The molecule has 1 aliphatic heterocycles. The Hall–Kier alpha value is -1.78. The second-order valence-electron chi connectivity index (χ2n) is 4.43. The third-order valence-corrected chi connectivity index (χ3v) is 3.19. The molecule has 0 aliphatic carbocycles. The van der Waals surface area contributed by atoms with Gasteiger partial charge in [-0.1, -0.05) is 11.6 Å². The number of aromatic nitrogens is 1. The summed E-state index contributed by atoms with van der Waals surface area (Å²) in [5.74, 6) is 0.425. The highest BCUT2D eigenvalue weighted by Gasteiger charge is 2.18. The quantitative estimate of drug-likeness (QED) is 0.568. The van der Waals surface area contributed by atoms with Crippen molar-refractivity contribution in [2.75, 3.05) is 18.5 Å². The van der Waals surface area contributed by atoms with E-state index in [2.05, 4.69) is 29.4 Å². The van der Waals surface area contributed by atoms with Gasteiger partial charge in [0.2, 0.25) is 5.88 Å². The van der Waals surface area contributed by atoms with Crippen LogP contribution in [0.25, 0.3) is 11.1 Å². The number of anilines is 2. The Morgan fingerprint density at radius 2 is 2.05 bits per heavy atom. The minimum Gasteiger partial charge on any atom is -0.475 e. The van der Waals surface area contributed by atoms with Crippen LogP contribution in [0.1, 0.15) is 5.56 Å². The number of benzene rings is 1. The topological polar surface area (TPSA) is 64.3 Å². The Morgan fingerprint density at radius 1 is 1.26 bits per heavy atom. The average molecular weight is 277 g/mol. The Labute approximate surface area is 116 Å². The predicted molar refractivity (Wildman–Crippen MR) is 75.3 cm³/mol. The van der Waals surface area contributed by atoms with Crippen molar-refractivity contribution in [3.05, 3.63) is 35.0 Å².